The molecule has 144 valence electrons. The van der Waals surface area contributed by atoms with Gasteiger partial charge in [-0.1, -0.05) is 36.8 Å². The summed E-state index contributed by atoms with van der Waals surface area (Å²) in [6.45, 7) is 6.27. The molecule has 1 saturated heterocycles. The number of likely N-dealkylation sites (tertiary alicyclic amines) is 1. The maximum absolute atomic E-state index is 12.3. The van der Waals surface area contributed by atoms with E-state index in [1.807, 2.05) is 39.0 Å². The summed E-state index contributed by atoms with van der Waals surface area (Å²) >= 11 is 0. The molecule has 0 bridgehead atoms. The number of hydrogen-bond donors (Lipinski definition) is 1. The summed E-state index contributed by atoms with van der Waals surface area (Å²) in [7, 11) is 0. The van der Waals surface area contributed by atoms with Crippen LogP contribution in [-0.4, -0.2) is 40.8 Å². The van der Waals surface area contributed by atoms with Crippen molar-refractivity contribution in [3.63, 3.8) is 0 Å². The maximum Gasteiger partial charge on any atom is 0.410 e. The van der Waals surface area contributed by atoms with E-state index in [2.05, 4.69) is 12.1 Å². The molecule has 1 fully saturated rings. The summed E-state index contributed by atoms with van der Waals surface area (Å²) in [6.07, 6.45) is 4.24. The lowest BCUT2D eigenvalue weighted by Crippen LogP contribution is -2.51. The Hall–Kier alpha value is -2.04. The van der Waals surface area contributed by atoms with Crippen molar-refractivity contribution in [3.05, 3.63) is 35.9 Å². The van der Waals surface area contributed by atoms with Gasteiger partial charge in [-0.05, 0) is 58.4 Å². The highest BCUT2D eigenvalue weighted by atomic mass is 16.6. The van der Waals surface area contributed by atoms with Crippen molar-refractivity contribution in [3.8, 4) is 0 Å². The average Bonchev–Trinajstić information content (AvgIpc) is 2.58. The van der Waals surface area contributed by atoms with Crippen molar-refractivity contribution >= 4 is 12.1 Å². The second-order valence-corrected chi connectivity index (χ2v) is 8.28. The lowest BCUT2D eigenvalue weighted by atomic mass is 9.76. The number of carbonyl (C=O) groups is 2. The molecule has 1 heterocycles. The Balaban J connectivity index is 1.93. The van der Waals surface area contributed by atoms with Gasteiger partial charge in [0.1, 0.15) is 5.60 Å². The number of amides is 1. The number of benzene rings is 1. The first kappa shape index (κ1) is 20.3. The lowest BCUT2D eigenvalue weighted by Gasteiger charge is -2.40. The summed E-state index contributed by atoms with van der Waals surface area (Å²) in [5.41, 5.74) is -0.155. The normalized spacial score (nSPS) is 20.7. The minimum Gasteiger partial charge on any atom is -0.481 e. The van der Waals surface area contributed by atoms with E-state index in [4.69, 9.17) is 4.74 Å². The van der Waals surface area contributed by atoms with Gasteiger partial charge in [0.25, 0.3) is 0 Å². The number of aryl methyl sites for hydroxylation is 1. The number of rotatable bonds is 6. The molecule has 1 unspecified atom stereocenters. The number of hydrogen-bond acceptors (Lipinski definition) is 3. The second-order valence-electron chi connectivity index (χ2n) is 8.28. The Morgan fingerprint density at radius 3 is 2.50 bits per heavy atom. The number of piperidine rings is 1. The first-order chi connectivity index (χ1) is 12.2. The van der Waals surface area contributed by atoms with Gasteiger partial charge in [0.05, 0.1) is 5.41 Å². The summed E-state index contributed by atoms with van der Waals surface area (Å²) in [6, 6.07) is 10.2. The zero-order valence-corrected chi connectivity index (χ0v) is 16.2. The van der Waals surface area contributed by atoms with Gasteiger partial charge in [-0.25, -0.2) is 4.79 Å². The Kier molecular flexibility index (Phi) is 6.68. The van der Waals surface area contributed by atoms with Crippen LogP contribution < -0.4 is 0 Å². The SMILES string of the molecule is CC(C)(C)OC(=O)N1CCCC(CCCCc2ccccc2)(C(=O)O)C1. The molecular formula is C21H31NO4. The number of carboxylic acid groups (broad SMARTS) is 1. The first-order valence-electron chi connectivity index (χ1n) is 9.47. The van der Waals surface area contributed by atoms with Gasteiger partial charge in [0.2, 0.25) is 0 Å². The van der Waals surface area contributed by atoms with Crippen molar-refractivity contribution in [2.24, 2.45) is 5.41 Å². The van der Waals surface area contributed by atoms with Crippen molar-refractivity contribution < 1.29 is 19.4 Å². The number of ether oxygens (including phenoxy) is 1. The Labute approximate surface area is 156 Å². The average molecular weight is 361 g/mol. The van der Waals surface area contributed by atoms with E-state index in [9.17, 15) is 14.7 Å². The summed E-state index contributed by atoms with van der Waals surface area (Å²) < 4.78 is 5.43. The molecule has 0 saturated carbocycles. The molecular weight excluding hydrogens is 330 g/mol. The highest BCUT2D eigenvalue weighted by molar-refractivity contribution is 5.77. The molecule has 1 aliphatic rings. The summed E-state index contributed by atoms with van der Waals surface area (Å²) in [5, 5.41) is 9.86. The Morgan fingerprint density at radius 2 is 1.88 bits per heavy atom. The van der Waals surface area contributed by atoms with Crippen LogP contribution in [0.4, 0.5) is 4.79 Å². The number of nitrogens with zero attached hydrogens (tertiary/aromatic N) is 1. The summed E-state index contributed by atoms with van der Waals surface area (Å²) in [4.78, 5) is 25.9. The molecule has 1 aromatic carbocycles. The summed E-state index contributed by atoms with van der Waals surface area (Å²) in [5.74, 6) is -0.800. The molecule has 1 amide bonds. The number of carboxylic acids is 1. The largest absolute Gasteiger partial charge is 0.481 e. The van der Waals surface area contributed by atoms with E-state index in [0.717, 1.165) is 19.3 Å². The molecule has 5 nitrogen and oxygen atoms in total. The minimum atomic E-state index is -0.855. The van der Waals surface area contributed by atoms with Crippen LogP contribution in [0.2, 0.25) is 0 Å². The fourth-order valence-electron chi connectivity index (χ4n) is 3.54. The predicted molar refractivity (Wildman–Crippen MR) is 101 cm³/mol. The molecule has 1 N–H and O–H groups in total. The van der Waals surface area contributed by atoms with Crippen LogP contribution in [0.25, 0.3) is 0 Å². The third kappa shape index (κ3) is 5.75. The molecule has 1 atom stereocenters. The Morgan fingerprint density at radius 1 is 1.19 bits per heavy atom. The van der Waals surface area contributed by atoms with Gasteiger partial charge in [0, 0.05) is 13.1 Å². The van der Waals surface area contributed by atoms with Crippen molar-refractivity contribution in [1.29, 1.82) is 0 Å². The van der Waals surface area contributed by atoms with Gasteiger partial charge in [-0.2, -0.15) is 0 Å². The molecule has 1 aliphatic heterocycles. The minimum absolute atomic E-state index is 0.239. The zero-order valence-electron chi connectivity index (χ0n) is 16.2. The van der Waals surface area contributed by atoms with Crippen LogP contribution in [0.3, 0.4) is 0 Å². The van der Waals surface area contributed by atoms with Crippen LogP contribution >= 0.6 is 0 Å². The molecule has 0 aromatic heterocycles. The third-order valence-electron chi connectivity index (χ3n) is 4.90. The van der Waals surface area contributed by atoms with Crippen molar-refractivity contribution in [1.82, 2.24) is 4.90 Å². The number of unbranched alkanes of at least 4 members (excludes halogenated alkanes) is 1. The monoisotopic (exact) mass is 361 g/mol. The highest BCUT2D eigenvalue weighted by Crippen LogP contribution is 2.36. The number of carbonyl (C=O) groups excluding carboxylic acids is 1. The molecule has 2 rings (SSSR count). The van der Waals surface area contributed by atoms with Gasteiger partial charge in [-0.3, -0.25) is 4.79 Å². The second kappa shape index (κ2) is 8.56. The van der Waals surface area contributed by atoms with Crippen molar-refractivity contribution in [2.75, 3.05) is 13.1 Å². The zero-order chi connectivity index (χ0) is 19.2. The topological polar surface area (TPSA) is 66.8 Å². The molecule has 26 heavy (non-hydrogen) atoms. The Bertz CT molecular complexity index is 608. The number of aliphatic carboxylic acids is 1. The van der Waals surface area contributed by atoms with Gasteiger partial charge >= 0.3 is 12.1 Å². The van der Waals surface area contributed by atoms with Crippen LogP contribution in [0, 0.1) is 5.41 Å². The van der Waals surface area contributed by atoms with E-state index < -0.39 is 23.1 Å². The molecule has 1 aromatic rings. The van der Waals surface area contributed by atoms with Crippen LogP contribution in [0.5, 0.6) is 0 Å². The van der Waals surface area contributed by atoms with Gasteiger partial charge in [-0.15, -0.1) is 0 Å². The first-order valence-corrected chi connectivity index (χ1v) is 9.47. The van der Waals surface area contributed by atoms with E-state index in [0.29, 0.717) is 25.8 Å². The molecule has 0 spiro atoms. The smallest absolute Gasteiger partial charge is 0.410 e. The predicted octanol–water partition coefficient (Wildman–Crippen LogP) is 4.50. The lowest BCUT2D eigenvalue weighted by molar-refractivity contribution is -0.152. The van der Waals surface area contributed by atoms with E-state index in [1.165, 1.54) is 5.56 Å². The fourth-order valence-corrected chi connectivity index (χ4v) is 3.54. The highest BCUT2D eigenvalue weighted by Gasteiger charge is 2.43. The molecule has 0 aliphatic carbocycles. The molecule has 5 heteroatoms. The maximum atomic E-state index is 12.3. The quantitative estimate of drug-likeness (QED) is 0.758. The van der Waals surface area contributed by atoms with Crippen LogP contribution in [0.15, 0.2) is 30.3 Å². The van der Waals surface area contributed by atoms with E-state index in [-0.39, 0.29) is 6.54 Å². The van der Waals surface area contributed by atoms with E-state index in [1.54, 1.807) is 4.90 Å². The van der Waals surface area contributed by atoms with Gasteiger partial charge in [0.15, 0.2) is 0 Å². The third-order valence-corrected chi connectivity index (χ3v) is 4.90. The molecule has 0 radical (unpaired) electrons. The van der Waals surface area contributed by atoms with E-state index >= 15 is 0 Å². The van der Waals surface area contributed by atoms with Crippen LogP contribution in [0.1, 0.15) is 58.4 Å². The standard InChI is InChI=1S/C21H31NO4/c1-20(2,3)26-19(25)22-15-9-14-21(16-22,18(23)24)13-8-7-12-17-10-5-4-6-11-17/h4-6,10-11H,7-9,12-16H2,1-3H3,(H,23,24). The van der Waals surface area contributed by atoms with Crippen LogP contribution in [-0.2, 0) is 16.0 Å². The van der Waals surface area contributed by atoms with Gasteiger partial charge < -0.3 is 14.7 Å². The fraction of sp³-hybridized carbons (Fsp3) is 0.619. The van der Waals surface area contributed by atoms with Crippen molar-refractivity contribution in [2.45, 2.75) is 64.9 Å².